The fourth-order valence-corrected chi connectivity index (χ4v) is 3.06. The molecule has 0 aromatic heterocycles. The molecule has 1 aliphatic carbocycles. The van der Waals surface area contributed by atoms with Crippen LogP contribution < -0.4 is 5.32 Å². The molecule has 2 amide bonds. The smallest absolute Gasteiger partial charge is 0.250 e. The first-order chi connectivity index (χ1) is 9.25. The summed E-state index contributed by atoms with van der Waals surface area (Å²) < 4.78 is 0. The van der Waals surface area contributed by atoms with Crippen LogP contribution in [0.3, 0.4) is 0 Å². The highest BCUT2D eigenvalue weighted by Crippen LogP contribution is 2.28. The Morgan fingerprint density at radius 3 is 2.42 bits per heavy atom. The SMILES string of the molecule is O=C1CN(C2CCCC2)C(=O)C(c2ccccc2)N1. The molecule has 4 heteroatoms. The van der Waals surface area contributed by atoms with Crippen LogP contribution in [0.2, 0.25) is 0 Å². The Labute approximate surface area is 112 Å². The van der Waals surface area contributed by atoms with E-state index in [2.05, 4.69) is 5.32 Å². The number of hydrogen-bond acceptors (Lipinski definition) is 2. The van der Waals surface area contributed by atoms with Gasteiger partial charge in [-0.05, 0) is 18.4 Å². The van der Waals surface area contributed by atoms with Gasteiger partial charge in [0.25, 0.3) is 5.91 Å². The van der Waals surface area contributed by atoms with Gasteiger partial charge in [0.15, 0.2) is 0 Å². The predicted octanol–water partition coefficient (Wildman–Crippen LogP) is 1.63. The van der Waals surface area contributed by atoms with Gasteiger partial charge in [-0.2, -0.15) is 0 Å². The number of carbonyl (C=O) groups is 2. The zero-order chi connectivity index (χ0) is 13.2. The molecule has 2 fully saturated rings. The first-order valence-corrected chi connectivity index (χ1v) is 6.90. The molecule has 1 unspecified atom stereocenters. The number of benzene rings is 1. The van der Waals surface area contributed by atoms with Gasteiger partial charge in [0.2, 0.25) is 5.91 Å². The quantitative estimate of drug-likeness (QED) is 0.876. The molecule has 1 heterocycles. The van der Waals surface area contributed by atoms with Gasteiger partial charge >= 0.3 is 0 Å². The molecule has 2 aliphatic rings. The van der Waals surface area contributed by atoms with Gasteiger partial charge in [0.1, 0.15) is 6.04 Å². The van der Waals surface area contributed by atoms with Crippen molar-refractivity contribution in [1.82, 2.24) is 10.2 Å². The van der Waals surface area contributed by atoms with E-state index in [1.165, 1.54) is 0 Å². The number of piperazine rings is 1. The lowest BCUT2D eigenvalue weighted by molar-refractivity contribution is -0.146. The highest BCUT2D eigenvalue weighted by Gasteiger charge is 2.37. The summed E-state index contributed by atoms with van der Waals surface area (Å²) in [5, 5.41) is 2.81. The Balaban J connectivity index is 1.85. The molecule has 1 atom stereocenters. The molecule has 100 valence electrons. The number of hydrogen-bond donors (Lipinski definition) is 1. The summed E-state index contributed by atoms with van der Waals surface area (Å²) in [6.07, 6.45) is 4.37. The van der Waals surface area contributed by atoms with Gasteiger partial charge in [-0.15, -0.1) is 0 Å². The molecule has 3 rings (SSSR count). The van der Waals surface area contributed by atoms with Crippen molar-refractivity contribution < 1.29 is 9.59 Å². The van der Waals surface area contributed by atoms with E-state index >= 15 is 0 Å². The van der Waals surface area contributed by atoms with Crippen LogP contribution in [0.4, 0.5) is 0 Å². The minimum atomic E-state index is -0.511. The predicted molar refractivity (Wildman–Crippen MR) is 71.3 cm³/mol. The van der Waals surface area contributed by atoms with Crippen LogP contribution in [-0.2, 0) is 9.59 Å². The largest absolute Gasteiger partial charge is 0.339 e. The van der Waals surface area contributed by atoms with Crippen LogP contribution in [0, 0.1) is 0 Å². The number of nitrogens with zero attached hydrogens (tertiary/aromatic N) is 1. The lowest BCUT2D eigenvalue weighted by atomic mass is 10.0. The maximum Gasteiger partial charge on any atom is 0.250 e. The third-order valence-corrected chi connectivity index (χ3v) is 4.05. The van der Waals surface area contributed by atoms with Crippen molar-refractivity contribution in [2.75, 3.05) is 6.54 Å². The monoisotopic (exact) mass is 258 g/mol. The summed E-state index contributed by atoms with van der Waals surface area (Å²) in [7, 11) is 0. The average molecular weight is 258 g/mol. The molecule has 19 heavy (non-hydrogen) atoms. The van der Waals surface area contributed by atoms with Gasteiger partial charge in [0.05, 0.1) is 6.54 Å². The first kappa shape index (κ1) is 12.2. The summed E-state index contributed by atoms with van der Waals surface area (Å²) in [4.78, 5) is 26.2. The van der Waals surface area contributed by atoms with Gasteiger partial charge in [-0.3, -0.25) is 9.59 Å². The first-order valence-electron chi connectivity index (χ1n) is 6.90. The van der Waals surface area contributed by atoms with Gasteiger partial charge < -0.3 is 10.2 Å². The van der Waals surface area contributed by atoms with Crippen LogP contribution in [0.15, 0.2) is 30.3 Å². The van der Waals surface area contributed by atoms with Crippen LogP contribution in [0.5, 0.6) is 0 Å². The maximum atomic E-state index is 12.6. The summed E-state index contributed by atoms with van der Waals surface area (Å²) in [6, 6.07) is 9.22. The van der Waals surface area contributed by atoms with Crippen molar-refractivity contribution in [3.63, 3.8) is 0 Å². The Morgan fingerprint density at radius 2 is 1.74 bits per heavy atom. The van der Waals surface area contributed by atoms with E-state index in [0.717, 1.165) is 31.2 Å². The van der Waals surface area contributed by atoms with E-state index in [9.17, 15) is 9.59 Å². The highest BCUT2D eigenvalue weighted by molar-refractivity contribution is 5.95. The van der Waals surface area contributed by atoms with Crippen molar-refractivity contribution in [3.05, 3.63) is 35.9 Å². The molecular formula is C15H18N2O2. The number of amides is 2. The highest BCUT2D eigenvalue weighted by atomic mass is 16.2. The van der Waals surface area contributed by atoms with Gasteiger partial charge in [0, 0.05) is 6.04 Å². The van der Waals surface area contributed by atoms with Gasteiger partial charge in [-0.25, -0.2) is 0 Å². The molecule has 0 radical (unpaired) electrons. The van der Waals surface area contributed by atoms with Crippen molar-refractivity contribution >= 4 is 11.8 Å². The van der Waals surface area contributed by atoms with E-state index in [1.807, 2.05) is 30.3 Å². The molecule has 0 spiro atoms. The van der Waals surface area contributed by atoms with Crippen molar-refractivity contribution in [1.29, 1.82) is 0 Å². The molecule has 1 aromatic carbocycles. The minimum Gasteiger partial charge on any atom is -0.339 e. The van der Waals surface area contributed by atoms with E-state index in [-0.39, 0.29) is 24.4 Å². The van der Waals surface area contributed by atoms with E-state index in [4.69, 9.17) is 0 Å². The van der Waals surface area contributed by atoms with Crippen LogP contribution in [0.25, 0.3) is 0 Å². The summed E-state index contributed by atoms with van der Waals surface area (Å²) in [5.41, 5.74) is 0.864. The van der Waals surface area contributed by atoms with E-state index in [1.54, 1.807) is 4.90 Å². The molecule has 4 nitrogen and oxygen atoms in total. The summed E-state index contributed by atoms with van der Waals surface area (Å²) >= 11 is 0. The second-order valence-electron chi connectivity index (χ2n) is 5.32. The molecular weight excluding hydrogens is 240 g/mol. The standard InChI is InChI=1S/C15H18N2O2/c18-13-10-17(12-8-4-5-9-12)15(19)14(16-13)11-6-2-1-3-7-11/h1-3,6-7,12,14H,4-5,8-10H2,(H,16,18). The fraction of sp³-hybridized carbons (Fsp3) is 0.467. The zero-order valence-electron chi connectivity index (χ0n) is 10.8. The maximum absolute atomic E-state index is 12.6. The van der Waals surface area contributed by atoms with Crippen LogP contribution >= 0.6 is 0 Å². The number of rotatable bonds is 2. The lowest BCUT2D eigenvalue weighted by Gasteiger charge is -2.36. The second-order valence-corrected chi connectivity index (χ2v) is 5.32. The minimum absolute atomic E-state index is 0.0395. The molecule has 1 saturated heterocycles. The van der Waals surface area contributed by atoms with Crippen molar-refractivity contribution in [3.8, 4) is 0 Å². The van der Waals surface area contributed by atoms with Crippen molar-refractivity contribution in [2.24, 2.45) is 0 Å². The third kappa shape index (κ3) is 2.35. The third-order valence-electron chi connectivity index (χ3n) is 4.05. The summed E-state index contributed by atoms with van der Waals surface area (Å²) in [5.74, 6) is -0.0157. The Morgan fingerprint density at radius 1 is 1.05 bits per heavy atom. The topological polar surface area (TPSA) is 49.4 Å². The number of nitrogens with one attached hydrogen (secondary N) is 1. The van der Waals surface area contributed by atoms with E-state index in [0.29, 0.717) is 0 Å². The summed E-state index contributed by atoms with van der Waals surface area (Å²) in [6.45, 7) is 0.215. The Kier molecular flexibility index (Phi) is 3.23. The molecule has 0 bridgehead atoms. The molecule has 1 saturated carbocycles. The molecule has 1 N–H and O–H groups in total. The van der Waals surface area contributed by atoms with E-state index < -0.39 is 6.04 Å². The second kappa shape index (κ2) is 5.03. The Hall–Kier alpha value is -1.84. The number of carbonyl (C=O) groups excluding carboxylic acids is 2. The molecule has 1 aromatic rings. The van der Waals surface area contributed by atoms with Gasteiger partial charge in [-0.1, -0.05) is 43.2 Å². The van der Waals surface area contributed by atoms with Crippen LogP contribution in [-0.4, -0.2) is 29.3 Å². The normalized spacial score (nSPS) is 24.6. The zero-order valence-corrected chi connectivity index (χ0v) is 10.8. The average Bonchev–Trinajstić information content (AvgIpc) is 2.96. The van der Waals surface area contributed by atoms with Crippen LogP contribution in [0.1, 0.15) is 37.3 Å². The lowest BCUT2D eigenvalue weighted by Crippen LogP contribution is -2.56. The Bertz CT molecular complexity index is 480. The van der Waals surface area contributed by atoms with Crippen molar-refractivity contribution in [2.45, 2.75) is 37.8 Å². The fourth-order valence-electron chi connectivity index (χ4n) is 3.06. The molecule has 1 aliphatic heterocycles.